The number of thiophene rings is 1. The largest absolute Gasteiger partial charge is 0.135 e. The van der Waals surface area contributed by atoms with Gasteiger partial charge in [-0.15, -0.1) is 11.3 Å². The van der Waals surface area contributed by atoms with E-state index in [0.717, 1.165) is 0 Å². The van der Waals surface area contributed by atoms with Crippen molar-refractivity contribution in [3.63, 3.8) is 0 Å². The van der Waals surface area contributed by atoms with E-state index in [4.69, 9.17) is 0 Å². The van der Waals surface area contributed by atoms with Crippen molar-refractivity contribution in [3.8, 4) is 0 Å². The van der Waals surface area contributed by atoms with Crippen LogP contribution in [-0.2, 0) is 0 Å². The predicted molar refractivity (Wildman–Crippen MR) is 91.1 cm³/mol. The van der Waals surface area contributed by atoms with E-state index in [1.807, 2.05) is 17.4 Å². The molecule has 0 radical (unpaired) electrons. The Balaban J connectivity index is 2.25. The van der Waals surface area contributed by atoms with Gasteiger partial charge in [-0.3, -0.25) is 0 Å². The molecule has 0 spiro atoms. The third kappa shape index (κ3) is 2.10. The first-order chi connectivity index (χ1) is 9.85. The van der Waals surface area contributed by atoms with Gasteiger partial charge in [0.05, 0.1) is 0 Å². The van der Waals surface area contributed by atoms with E-state index in [9.17, 15) is 0 Å². The van der Waals surface area contributed by atoms with Crippen molar-refractivity contribution in [2.24, 2.45) is 0 Å². The van der Waals surface area contributed by atoms with Gasteiger partial charge in [0.1, 0.15) is 0 Å². The van der Waals surface area contributed by atoms with Crippen molar-refractivity contribution < 1.29 is 0 Å². The highest BCUT2D eigenvalue weighted by molar-refractivity contribution is 7.20. The second-order valence-corrected chi connectivity index (χ2v) is 5.67. The number of hydrogen-bond acceptors (Lipinski definition) is 1. The Morgan fingerprint density at radius 1 is 1.00 bits per heavy atom. The number of benzene rings is 2. The molecule has 0 aliphatic rings. The van der Waals surface area contributed by atoms with E-state index < -0.39 is 0 Å². The molecule has 0 saturated carbocycles. The monoisotopic (exact) mass is 276 g/mol. The second kappa shape index (κ2) is 5.48. The van der Waals surface area contributed by atoms with Crippen molar-refractivity contribution in [2.45, 2.75) is 6.92 Å². The molecule has 3 rings (SSSR count). The van der Waals surface area contributed by atoms with Crippen LogP contribution in [0.15, 0.2) is 67.3 Å². The molecule has 2 aromatic carbocycles. The molecule has 0 amide bonds. The number of fused-ring (bicyclic) bond motifs is 1. The van der Waals surface area contributed by atoms with E-state index in [-0.39, 0.29) is 0 Å². The third-order valence-electron chi connectivity index (χ3n) is 3.46. The van der Waals surface area contributed by atoms with Crippen LogP contribution in [0, 0.1) is 0 Å². The van der Waals surface area contributed by atoms with Gasteiger partial charge in [-0.1, -0.05) is 67.3 Å². The van der Waals surface area contributed by atoms with Crippen molar-refractivity contribution in [1.82, 2.24) is 0 Å². The van der Waals surface area contributed by atoms with E-state index in [1.54, 1.807) is 0 Å². The molecular weight excluding hydrogens is 260 g/mol. The van der Waals surface area contributed by atoms with Crippen LogP contribution in [0.3, 0.4) is 0 Å². The fraction of sp³-hybridized carbons (Fsp3) is 0.0526. The maximum Gasteiger partial charge on any atom is 0.0430 e. The van der Waals surface area contributed by atoms with Gasteiger partial charge in [0.25, 0.3) is 0 Å². The highest BCUT2D eigenvalue weighted by Gasteiger charge is 2.13. The van der Waals surface area contributed by atoms with Crippen LogP contribution in [0.1, 0.15) is 22.9 Å². The van der Waals surface area contributed by atoms with E-state index in [0.29, 0.717) is 0 Å². The molecule has 0 aliphatic carbocycles. The average Bonchev–Trinajstić information content (AvgIpc) is 2.87. The molecule has 98 valence electrons. The Morgan fingerprint density at radius 2 is 1.70 bits per heavy atom. The minimum absolute atomic E-state index is 1.24. The SMILES string of the molecule is C=Cc1c(C(=CC)c2ccccc2)sc2ccccc12. The molecule has 0 aliphatic heterocycles. The second-order valence-electron chi connectivity index (χ2n) is 4.61. The van der Waals surface area contributed by atoms with Crippen molar-refractivity contribution in [3.05, 3.63) is 83.3 Å². The Hall–Kier alpha value is -2.12. The summed E-state index contributed by atoms with van der Waals surface area (Å²) in [4.78, 5) is 1.30. The zero-order chi connectivity index (χ0) is 13.9. The highest BCUT2D eigenvalue weighted by atomic mass is 32.1. The van der Waals surface area contributed by atoms with Crippen LogP contribution in [0.25, 0.3) is 21.7 Å². The first kappa shape index (κ1) is 12.9. The molecule has 0 N–H and O–H groups in total. The molecular formula is C19H16S. The van der Waals surface area contributed by atoms with Gasteiger partial charge in [-0.25, -0.2) is 0 Å². The Labute approximate surface area is 123 Å². The first-order valence-electron chi connectivity index (χ1n) is 6.71. The number of hydrogen-bond donors (Lipinski definition) is 0. The summed E-state index contributed by atoms with van der Waals surface area (Å²) in [6.07, 6.45) is 4.16. The summed E-state index contributed by atoms with van der Waals surface area (Å²) >= 11 is 1.84. The molecule has 0 fully saturated rings. The fourth-order valence-corrected chi connectivity index (χ4v) is 3.82. The summed E-state index contributed by atoms with van der Waals surface area (Å²) in [5.74, 6) is 0. The molecule has 1 aromatic heterocycles. The van der Waals surface area contributed by atoms with Crippen LogP contribution >= 0.6 is 11.3 Å². The van der Waals surface area contributed by atoms with Crippen LogP contribution in [0.5, 0.6) is 0 Å². The lowest BCUT2D eigenvalue weighted by Gasteiger charge is -2.06. The van der Waals surface area contributed by atoms with Gasteiger partial charge in [0.15, 0.2) is 0 Å². The maximum absolute atomic E-state index is 4.00. The lowest BCUT2D eigenvalue weighted by molar-refractivity contribution is 1.58. The van der Waals surface area contributed by atoms with E-state index in [1.165, 1.54) is 31.7 Å². The van der Waals surface area contributed by atoms with Gasteiger partial charge < -0.3 is 0 Å². The van der Waals surface area contributed by atoms with Crippen molar-refractivity contribution in [1.29, 1.82) is 0 Å². The third-order valence-corrected chi connectivity index (χ3v) is 4.68. The molecule has 0 saturated heterocycles. The lowest BCUT2D eigenvalue weighted by atomic mass is 10.00. The summed E-state index contributed by atoms with van der Waals surface area (Å²) < 4.78 is 1.31. The van der Waals surface area contributed by atoms with Gasteiger partial charge in [0.2, 0.25) is 0 Å². The highest BCUT2D eigenvalue weighted by Crippen LogP contribution is 2.38. The van der Waals surface area contributed by atoms with E-state index in [2.05, 4.69) is 74.2 Å². The van der Waals surface area contributed by atoms with Crippen molar-refractivity contribution in [2.75, 3.05) is 0 Å². The minimum atomic E-state index is 1.24. The summed E-state index contributed by atoms with van der Waals surface area (Å²) in [6.45, 7) is 6.10. The molecule has 0 bridgehead atoms. The number of allylic oxidation sites excluding steroid dienone is 1. The van der Waals surface area contributed by atoms with Crippen molar-refractivity contribution >= 4 is 33.1 Å². The van der Waals surface area contributed by atoms with Crippen LogP contribution in [0.2, 0.25) is 0 Å². The summed E-state index contributed by atoms with van der Waals surface area (Å²) in [7, 11) is 0. The quantitative estimate of drug-likeness (QED) is 0.550. The Kier molecular flexibility index (Phi) is 3.53. The predicted octanol–water partition coefficient (Wildman–Crippen LogP) is 6.00. The standard InChI is InChI=1S/C19H16S/c1-3-15(14-10-6-5-7-11-14)19-16(4-2)17-12-8-9-13-18(17)20-19/h3-13H,2H2,1H3. The van der Waals surface area contributed by atoms with E-state index >= 15 is 0 Å². The van der Waals surface area contributed by atoms with Gasteiger partial charge >= 0.3 is 0 Å². The van der Waals surface area contributed by atoms with Gasteiger partial charge in [-0.05, 0) is 24.1 Å². The Morgan fingerprint density at radius 3 is 2.40 bits per heavy atom. The van der Waals surface area contributed by atoms with Crippen LogP contribution in [-0.4, -0.2) is 0 Å². The molecule has 3 aromatic rings. The summed E-state index contributed by atoms with van der Waals surface area (Å²) in [5, 5.41) is 1.29. The summed E-state index contributed by atoms with van der Waals surface area (Å²) in [5.41, 5.74) is 3.77. The maximum atomic E-state index is 4.00. The molecule has 0 unspecified atom stereocenters. The normalized spacial score (nSPS) is 11.8. The number of rotatable bonds is 3. The fourth-order valence-electron chi connectivity index (χ4n) is 2.51. The topological polar surface area (TPSA) is 0 Å². The van der Waals surface area contributed by atoms with Crippen LogP contribution in [0.4, 0.5) is 0 Å². The van der Waals surface area contributed by atoms with Crippen LogP contribution < -0.4 is 0 Å². The Bertz CT molecular complexity index is 776. The zero-order valence-electron chi connectivity index (χ0n) is 11.5. The lowest BCUT2D eigenvalue weighted by Crippen LogP contribution is -1.86. The molecule has 0 atom stereocenters. The molecule has 1 heteroatoms. The smallest absolute Gasteiger partial charge is 0.0430 e. The molecule has 0 nitrogen and oxygen atoms in total. The molecule has 1 heterocycles. The minimum Gasteiger partial charge on any atom is -0.135 e. The van der Waals surface area contributed by atoms with Gasteiger partial charge in [-0.2, -0.15) is 0 Å². The first-order valence-corrected chi connectivity index (χ1v) is 7.53. The average molecular weight is 276 g/mol. The summed E-state index contributed by atoms with van der Waals surface area (Å²) in [6, 6.07) is 19.1. The molecule has 20 heavy (non-hydrogen) atoms. The van der Waals surface area contributed by atoms with Gasteiger partial charge in [0, 0.05) is 20.5 Å². The zero-order valence-corrected chi connectivity index (χ0v) is 12.3.